The first-order valence-electron chi connectivity index (χ1n) is 12.6. The molecule has 0 atom stereocenters. The summed E-state index contributed by atoms with van der Waals surface area (Å²) < 4.78 is 10.2. The van der Waals surface area contributed by atoms with E-state index in [-0.39, 0.29) is 6.61 Å². The number of aromatic nitrogens is 2. The molecule has 0 amide bonds. The summed E-state index contributed by atoms with van der Waals surface area (Å²) in [5.74, 6) is 1.28. The van der Waals surface area contributed by atoms with Crippen LogP contribution in [0, 0.1) is 0 Å². The van der Waals surface area contributed by atoms with Gasteiger partial charge in [0.15, 0.2) is 0 Å². The molecule has 0 saturated carbocycles. The zero-order valence-corrected chi connectivity index (χ0v) is 22.1. The van der Waals surface area contributed by atoms with Gasteiger partial charge in [0.2, 0.25) is 0 Å². The van der Waals surface area contributed by atoms with Crippen molar-refractivity contribution in [3.05, 3.63) is 65.7 Å². The highest BCUT2D eigenvalue weighted by Gasteiger charge is 2.17. The van der Waals surface area contributed by atoms with E-state index in [0.29, 0.717) is 24.8 Å². The summed E-state index contributed by atoms with van der Waals surface area (Å²) in [6.45, 7) is 5.90. The molecule has 0 radical (unpaired) electrons. The number of ether oxygens (including phenoxy) is 2. The van der Waals surface area contributed by atoms with Crippen molar-refractivity contribution in [2.24, 2.45) is 0 Å². The van der Waals surface area contributed by atoms with Crippen LogP contribution in [0.15, 0.2) is 60.0 Å². The van der Waals surface area contributed by atoms with Gasteiger partial charge in [-0.15, -0.1) is 0 Å². The topological polar surface area (TPSA) is 100.0 Å². The Morgan fingerprint density at radius 1 is 1.17 bits per heavy atom. The van der Waals surface area contributed by atoms with Crippen LogP contribution in [0.25, 0.3) is 10.8 Å². The number of hydrogen-bond donors (Lipinski definition) is 3. The minimum atomic E-state index is 0.250. The van der Waals surface area contributed by atoms with E-state index >= 15 is 0 Å². The Hall–Kier alpha value is -2.78. The van der Waals surface area contributed by atoms with Gasteiger partial charge < -0.3 is 25.0 Å². The molecule has 2 aliphatic rings. The van der Waals surface area contributed by atoms with Crippen LogP contribution in [0.1, 0.15) is 31.9 Å². The van der Waals surface area contributed by atoms with Crippen molar-refractivity contribution >= 4 is 10.8 Å². The number of likely N-dealkylation sites (tertiary alicyclic amines) is 1. The Kier molecular flexibility index (Phi) is 13.8. The van der Waals surface area contributed by atoms with Gasteiger partial charge in [-0.2, -0.15) is 10.2 Å². The number of methoxy groups -OCH3 is 2. The first kappa shape index (κ1) is 29.5. The number of allylic oxidation sites excluding steroid dienone is 3. The summed E-state index contributed by atoms with van der Waals surface area (Å²) in [4.78, 5) is 2.49. The summed E-state index contributed by atoms with van der Waals surface area (Å²) in [6, 6.07) is 6.59. The predicted molar refractivity (Wildman–Crippen MR) is 146 cm³/mol. The second kappa shape index (κ2) is 16.8. The average Bonchev–Trinajstić information content (AvgIpc) is 3.12. The van der Waals surface area contributed by atoms with E-state index in [1.807, 2.05) is 43.5 Å². The van der Waals surface area contributed by atoms with E-state index in [1.54, 1.807) is 27.3 Å². The number of hydrogen-bond acceptors (Lipinski definition) is 8. The maximum absolute atomic E-state index is 9.42. The monoisotopic (exact) mass is 498 g/mol. The van der Waals surface area contributed by atoms with Crippen LogP contribution < -0.4 is 10.1 Å². The molecule has 0 spiro atoms. The highest BCUT2D eigenvalue weighted by Crippen LogP contribution is 2.22. The second-order valence-corrected chi connectivity index (χ2v) is 8.65. The number of rotatable bonds is 7. The number of aliphatic hydroxyl groups is 2. The molecule has 3 N–H and O–H groups in total. The minimum Gasteiger partial charge on any atom is -0.512 e. The Bertz CT molecular complexity index is 998. The Morgan fingerprint density at radius 2 is 1.92 bits per heavy atom. The highest BCUT2D eigenvalue weighted by atomic mass is 16.5. The molecular formula is C28H42N4O4. The van der Waals surface area contributed by atoms with Crippen LogP contribution in [-0.2, 0) is 11.2 Å². The van der Waals surface area contributed by atoms with Gasteiger partial charge in [0.1, 0.15) is 5.75 Å². The molecule has 8 heteroatoms. The fourth-order valence-electron chi connectivity index (χ4n) is 4.04. The first-order chi connectivity index (χ1) is 17.5. The first-order valence-corrected chi connectivity index (χ1v) is 12.6. The highest BCUT2D eigenvalue weighted by molar-refractivity contribution is 5.84. The normalized spacial score (nSPS) is 16.1. The standard InChI is InChI=1S/C14H22N2O.C12H14N2O2.C2H6O/c1-15-13-7-9-16(10-8-13)11-12-3-2-4-14(17)6-5-12;1-15-6-5-12-11-4-3-10(16-2)7-9(11)8-13-14-12;1-2-3/h2-3,5-6,13,15,17H,4,7-11H2,1H3;3-4,7-8H,5-6H2,1-2H3;3H,2H2,1H3. The van der Waals surface area contributed by atoms with Crippen molar-refractivity contribution in [1.29, 1.82) is 0 Å². The van der Waals surface area contributed by atoms with Gasteiger partial charge in [-0.25, -0.2) is 0 Å². The maximum atomic E-state index is 9.42. The molecule has 198 valence electrons. The molecule has 0 unspecified atom stereocenters. The molecule has 1 aromatic carbocycles. The smallest absolute Gasteiger partial charge is 0.119 e. The van der Waals surface area contributed by atoms with Crippen LogP contribution in [-0.4, -0.2) is 85.5 Å². The van der Waals surface area contributed by atoms with E-state index in [2.05, 4.69) is 26.5 Å². The lowest BCUT2D eigenvalue weighted by Gasteiger charge is -2.31. The maximum Gasteiger partial charge on any atom is 0.119 e. The van der Waals surface area contributed by atoms with Crippen LogP contribution in [0.3, 0.4) is 0 Å². The van der Waals surface area contributed by atoms with Crippen LogP contribution in [0.2, 0.25) is 0 Å². The molecule has 2 aromatic rings. The van der Waals surface area contributed by atoms with E-state index in [0.717, 1.165) is 48.3 Å². The molecule has 2 heterocycles. The number of nitrogens with one attached hydrogen (secondary N) is 1. The van der Waals surface area contributed by atoms with E-state index in [1.165, 1.54) is 18.4 Å². The molecule has 4 rings (SSSR count). The number of nitrogens with zero attached hydrogens (tertiary/aromatic N) is 3. The fraction of sp³-hybridized carbons (Fsp3) is 0.500. The number of aliphatic hydroxyl groups excluding tert-OH is 2. The molecule has 1 aliphatic heterocycles. The van der Waals surface area contributed by atoms with Gasteiger partial charge in [0, 0.05) is 49.9 Å². The van der Waals surface area contributed by atoms with E-state index in [9.17, 15) is 5.11 Å². The quantitative estimate of drug-likeness (QED) is 0.530. The second-order valence-electron chi connectivity index (χ2n) is 8.65. The van der Waals surface area contributed by atoms with E-state index in [4.69, 9.17) is 14.6 Å². The predicted octanol–water partition coefficient (Wildman–Crippen LogP) is 3.82. The third-order valence-corrected chi connectivity index (χ3v) is 6.04. The Balaban J connectivity index is 0.000000229. The van der Waals surface area contributed by atoms with Crippen molar-refractivity contribution in [3.63, 3.8) is 0 Å². The molecule has 1 aromatic heterocycles. The number of fused-ring (bicyclic) bond motifs is 1. The lowest BCUT2D eigenvalue weighted by Crippen LogP contribution is -2.41. The van der Waals surface area contributed by atoms with Crippen molar-refractivity contribution in [3.8, 4) is 5.75 Å². The van der Waals surface area contributed by atoms with Gasteiger partial charge >= 0.3 is 0 Å². The van der Waals surface area contributed by atoms with Gasteiger partial charge in [0.25, 0.3) is 0 Å². The molecular weight excluding hydrogens is 456 g/mol. The Morgan fingerprint density at radius 3 is 2.58 bits per heavy atom. The van der Waals surface area contributed by atoms with Crippen molar-refractivity contribution in [2.45, 2.75) is 38.6 Å². The van der Waals surface area contributed by atoms with Crippen molar-refractivity contribution in [1.82, 2.24) is 20.4 Å². The fourth-order valence-corrected chi connectivity index (χ4v) is 4.04. The van der Waals surface area contributed by atoms with Crippen molar-refractivity contribution < 1.29 is 19.7 Å². The summed E-state index contributed by atoms with van der Waals surface area (Å²) in [5, 5.41) is 30.6. The molecule has 0 bridgehead atoms. The molecule has 1 saturated heterocycles. The molecule has 36 heavy (non-hydrogen) atoms. The van der Waals surface area contributed by atoms with E-state index < -0.39 is 0 Å². The van der Waals surface area contributed by atoms with Gasteiger partial charge in [-0.3, -0.25) is 4.90 Å². The zero-order valence-electron chi connectivity index (χ0n) is 22.1. The van der Waals surface area contributed by atoms with Crippen molar-refractivity contribution in [2.75, 3.05) is 54.1 Å². The number of benzene rings is 1. The third kappa shape index (κ3) is 10.1. The average molecular weight is 499 g/mol. The largest absolute Gasteiger partial charge is 0.512 e. The lowest BCUT2D eigenvalue weighted by molar-refractivity contribution is 0.201. The van der Waals surface area contributed by atoms with Crippen LogP contribution in [0.4, 0.5) is 0 Å². The Labute approximate surface area is 215 Å². The molecule has 8 nitrogen and oxygen atoms in total. The van der Waals surface area contributed by atoms with Crippen LogP contribution in [0.5, 0.6) is 5.75 Å². The summed E-state index contributed by atoms with van der Waals surface area (Å²) in [7, 11) is 5.38. The lowest BCUT2D eigenvalue weighted by atomic mass is 10.0. The SMILES string of the molecule is CCO.CNC1CCN(CC2=CC=C(O)CC=C2)CC1.COCCc1nncc2cc(OC)ccc12. The minimum absolute atomic E-state index is 0.250. The zero-order chi connectivity index (χ0) is 26.2. The summed E-state index contributed by atoms with van der Waals surface area (Å²) in [5.41, 5.74) is 2.25. The molecule has 1 aliphatic carbocycles. The third-order valence-electron chi connectivity index (χ3n) is 6.04. The van der Waals surface area contributed by atoms with Gasteiger partial charge in [-0.1, -0.05) is 18.2 Å². The van der Waals surface area contributed by atoms with Crippen LogP contribution >= 0.6 is 0 Å². The van der Waals surface area contributed by atoms with Gasteiger partial charge in [-0.05, 0) is 69.8 Å². The summed E-state index contributed by atoms with van der Waals surface area (Å²) in [6.07, 6.45) is 13.6. The summed E-state index contributed by atoms with van der Waals surface area (Å²) >= 11 is 0. The number of piperidine rings is 1. The van der Waals surface area contributed by atoms with Gasteiger partial charge in [0.05, 0.1) is 31.4 Å². The molecule has 1 fully saturated rings.